The predicted molar refractivity (Wildman–Crippen MR) is 77.5 cm³/mol. The molecule has 1 saturated heterocycles. The molecule has 110 valence electrons. The van der Waals surface area contributed by atoms with E-state index in [2.05, 4.69) is 27.1 Å². The van der Waals surface area contributed by atoms with E-state index in [9.17, 15) is 4.79 Å². The van der Waals surface area contributed by atoms with Crippen molar-refractivity contribution in [3.8, 4) is 0 Å². The standard InChI is InChI=1S/C15H19N5O/c1-9-7-11(9)15(21)20-6-2-3-10(8-20)12-13-14(19-18-12)17-5-4-16-13/h4-5,9-11H,2-3,6-8H2,1H3,(H,17,18,19)/t9-,10+,11+/m1/s1. The second-order valence-electron chi connectivity index (χ2n) is 6.31. The lowest BCUT2D eigenvalue weighted by molar-refractivity contribution is -0.134. The summed E-state index contributed by atoms with van der Waals surface area (Å²) in [5.74, 6) is 1.46. The Morgan fingerprint density at radius 1 is 1.38 bits per heavy atom. The number of carbonyl (C=O) groups excluding carboxylic acids is 1. The summed E-state index contributed by atoms with van der Waals surface area (Å²) in [6.45, 7) is 3.81. The van der Waals surface area contributed by atoms with Crippen LogP contribution in [-0.2, 0) is 4.79 Å². The van der Waals surface area contributed by atoms with Gasteiger partial charge in [0, 0.05) is 37.3 Å². The van der Waals surface area contributed by atoms with Crippen molar-refractivity contribution in [3.05, 3.63) is 18.1 Å². The van der Waals surface area contributed by atoms with Crippen LogP contribution in [0.4, 0.5) is 0 Å². The SMILES string of the molecule is C[C@@H]1C[C@@H]1C(=O)N1CCC[C@H](c2[nH]nc3nccnc23)C1. The number of nitrogens with zero attached hydrogens (tertiary/aromatic N) is 4. The summed E-state index contributed by atoms with van der Waals surface area (Å²) in [5.41, 5.74) is 2.53. The van der Waals surface area contributed by atoms with E-state index in [1.807, 2.05) is 4.90 Å². The number of piperidine rings is 1. The molecule has 2 fully saturated rings. The second kappa shape index (κ2) is 4.79. The van der Waals surface area contributed by atoms with Gasteiger partial charge < -0.3 is 4.90 Å². The minimum Gasteiger partial charge on any atom is -0.342 e. The molecule has 1 N–H and O–H groups in total. The average molecular weight is 285 g/mol. The Labute approximate surface area is 123 Å². The van der Waals surface area contributed by atoms with Crippen LogP contribution in [0.5, 0.6) is 0 Å². The van der Waals surface area contributed by atoms with E-state index in [1.165, 1.54) is 0 Å². The van der Waals surface area contributed by atoms with Crippen LogP contribution in [0, 0.1) is 11.8 Å². The van der Waals surface area contributed by atoms with Crippen molar-refractivity contribution >= 4 is 17.1 Å². The molecule has 3 heterocycles. The summed E-state index contributed by atoms with van der Waals surface area (Å²) in [6, 6.07) is 0. The predicted octanol–water partition coefficient (Wildman–Crippen LogP) is 1.71. The van der Waals surface area contributed by atoms with Crippen LogP contribution in [0.15, 0.2) is 12.4 Å². The van der Waals surface area contributed by atoms with Gasteiger partial charge in [0.15, 0.2) is 5.65 Å². The molecule has 1 aliphatic heterocycles. The maximum atomic E-state index is 12.4. The van der Waals surface area contributed by atoms with E-state index in [0.717, 1.165) is 43.6 Å². The molecule has 6 nitrogen and oxygen atoms in total. The Balaban J connectivity index is 1.56. The quantitative estimate of drug-likeness (QED) is 0.911. The fourth-order valence-corrected chi connectivity index (χ4v) is 3.37. The lowest BCUT2D eigenvalue weighted by Crippen LogP contribution is -2.40. The molecule has 4 rings (SSSR count). The number of nitrogens with one attached hydrogen (secondary N) is 1. The summed E-state index contributed by atoms with van der Waals surface area (Å²) in [4.78, 5) is 23.1. The molecule has 0 unspecified atom stereocenters. The molecule has 0 bridgehead atoms. The summed E-state index contributed by atoms with van der Waals surface area (Å²) in [7, 11) is 0. The summed E-state index contributed by atoms with van der Waals surface area (Å²) < 4.78 is 0. The first-order chi connectivity index (χ1) is 10.2. The van der Waals surface area contributed by atoms with E-state index in [-0.39, 0.29) is 5.92 Å². The topological polar surface area (TPSA) is 74.8 Å². The van der Waals surface area contributed by atoms with Crippen molar-refractivity contribution < 1.29 is 4.79 Å². The van der Waals surface area contributed by atoms with Gasteiger partial charge in [-0.3, -0.25) is 9.89 Å². The van der Waals surface area contributed by atoms with Crippen molar-refractivity contribution in [1.29, 1.82) is 0 Å². The first-order valence-electron chi connectivity index (χ1n) is 7.68. The number of hydrogen-bond donors (Lipinski definition) is 1. The molecule has 1 amide bonds. The first-order valence-corrected chi connectivity index (χ1v) is 7.68. The maximum Gasteiger partial charge on any atom is 0.225 e. The highest BCUT2D eigenvalue weighted by Gasteiger charge is 2.42. The van der Waals surface area contributed by atoms with E-state index < -0.39 is 0 Å². The largest absolute Gasteiger partial charge is 0.342 e. The third kappa shape index (κ3) is 2.18. The van der Waals surface area contributed by atoms with E-state index in [1.54, 1.807) is 12.4 Å². The van der Waals surface area contributed by atoms with Gasteiger partial charge in [0.25, 0.3) is 0 Å². The van der Waals surface area contributed by atoms with Crippen LogP contribution in [0.25, 0.3) is 11.2 Å². The van der Waals surface area contributed by atoms with E-state index >= 15 is 0 Å². The third-order valence-electron chi connectivity index (χ3n) is 4.78. The monoisotopic (exact) mass is 285 g/mol. The number of aromatic nitrogens is 4. The third-order valence-corrected chi connectivity index (χ3v) is 4.78. The molecule has 0 aromatic carbocycles. The van der Waals surface area contributed by atoms with Gasteiger partial charge in [-0.2, -0.15) is 5.10 Å². The molecule has 2 aliphatic rings. The Bertz CT molecular complexity index is 682. The van der Waals surface area contributed by atoms with Gasteiger partial charge in [0.2, 0.25) is 5.91 Å². The number of likely N-dealkylation sites (tertiary alicyclic amines) is 1. The number of aromatic amines is 1. The zero-order valence-corrected chi connectivity index (χ0v) is 12.1. The highest BCUT2D eigenvalue weighted by Crippen LogP contribution is 2.40. The Morgan fingerprint density at radius 2 is 2.19 bits per heavy atom. The Hall–Kier alpha value is -1.98. The lowest BCUT2D eigenvalue weighted by atomic mass is 9.94. The summed E-state index contributed by atoms with van der Waals surface area (Å²) in [5, 5.41) is 7.30. The van der Waals surface area contributed by atoms with Crippen molar-refractivity contribution in [3.63, 3.8) is 0 Å². The Kier molecular flexibility index (Phi) is 2.90. The average Bonchev–Trinajstić information content (AvgIpc) is 3.10. The summed E-state index contributed by atoms with van der Waals surface area (Å²) >= 11 is 0. The molecular formula is C15H19N5O. The number of rotatable bonds is 2. The number of amides is 1. The number of fused-ring (bicyclic) bond motifs is 1. The number of carbonyl (C=O) groups is 1. The molecule has 3 atom stereocenters. The molecule has 21 heavy (non-hydrogen) atoms. The molecule has 1 saturated carbocycles. The fraction of sp³-hybridized carbons (Fsp3) is 0.600. The normalized spacial score (nSPS) is 28.8. The van der Waals surface area contributed by atoms with Gasteiger partial charge in [-0.05, 0) is 25.2 Å². The van der Waals surface area contributed by atoms with Gasteiger partial charge in [0.1, 0.15) is 5.52 Å². The molecule has 2 aromatic rings. The van der Waals surface area contributed by atoms with Crippen molar-refractivity contribution in [2.24, 2.45) is 11.8 Å². The molecule has 2 aromatic heterocycles. The van der Waals surface area contributed by atoms with Crippen LogP contribution in [0.2, 0.25) is 0 Å². The summed E-state index contributed by atoms with van der Waals surface area (Å²) in [6.07, 6.45) is 6.51. The molecule has 1 aliphatic carbocycles. The molecule has 0 radical (unpaired) electrons. The minimum atomic E-state index is 0.266. The van der Waals surface area contributed by atoms with Gasteiger partial charge in [-0.25, -0.2) is 9.97 Å². The zero-order chi connectivity index (χ0) is 14.4. The van der Waals surface area contributed by atoms with Crippen LogP contribution < -0.4 is 0 Å². The lowest BCUT2D eigenvalue weighted by Gasteiger charge is -2.32. The highest BCUT2D eigenvalue weighted by molar-refractivity contribution is 5.82. The highest BCUT2D eigenvalue weighted by atomic mass is 16.2. The Morgan fingerprint density at radius 3 is 3.00 bits per heavy atom. The first kappa shape index (κ1) is 12.7. The van der Waals surface area contributed by atoms with Gasteiger partial charge in [-0.15, -0.1) is 0 Å². The minimum absolute atomic E-state index is 0.266. The molecule has 6 heteroatoms. The maximum absolute atomic E-state index is 12.4. The van der Waals surface area contributed by atoms with Gasteiger partial charge in [0.05, 0.1) is 5.69 Å². The van der Waals surface area contributed by atoms with Crippen LogP contribution in [0.1, 0.15) is 37.8 Å². The van der Waals surface area contributed by atoms with E-state index in [0.29, 0.717) is 23.4 Å². The van der Waals surface area contributed by atoms with Crippen molar-refractivity contribution in [2.75, 3.05) is 13.1 Å². The van der Waals surface area contributed by atoms with Crippen LogP contribution >= 0.6 is 0 Å². The van der Waals surface area contributed by atoms with Gasteiger partial charge in [-0.1, -0.05) is 6.92 Å². The zero-order valence-electron chi connectivity index (χ0n) is 12.1. The second-order valence-corrected chi connectivity index (χ2v) is 6.31. The molecular weight excluding hydrogens is 266 g/mol. The van der Waals surface area contributed by atoms with Crippen LogP contribution in [-0.4, -0.2) is 44.1 Å². The van der Waals surface area contributed by atoms with Crippen molar-refractivity contribution in [2.45, 2.75) is 32.1 Å². The number of H-pyrrole nitrogens is 1. The van der Waals surface area contributed by atoms with E-state index in [4.69, 9.17) is 0 Å². The smallest absolute Gasteiger partial charge is 0.225 e. The van der Waals surface area contributed by atoms with Crippen LogP contribution in [0.3, 0.4) is 0 Å². The fourth-order valence-electron chi connectivity index (χ4n) is 3.37. The van der Waals surface area contributed by atoms with Gasteiger partial charge >= 0.3 is 0 Å². The number of hydrogen-bond acceptors (Lipinski definition) is 4. The molecule has 0 spiro atoms. The van der Waals surface area contributed by atoms with Crippen molar-refractivity contribution in [1.82, 2.24) is 25.1 Å².